The molecule has 10 nitrogen and oxygen atoms in total. The van der Waals surface area contributed by atoms with Gasteiger partial charge in [-0.3, -0.25) is 4.79 Å². The van der Waals surface area contributed by atoms with E-state index in [0.29, 0.717) is 60.4 Å². The lowest BCUT2D eigenvalue weighted by molar-refractivity contribution is 0.0751. The zero-order chi connectivity index (χ0) is 23.7. The molecular formula is C23H23N7O3S. The summed E-state index contributed by atoms with van der Waals surface area (Å²) in [6, 6.07) is 9.30. The number of benzene rings is 1. The van der Waals surface area contributed by atoms with E-state index >= 15 is 0 Å². The molecule has 0 aliphatic carbocycles. The van der Waals surface area contributed by atoms with Crippen LogP contribution in [0, 0.1) is 0 Å². The normalized spacial score (nSPS) is 13.8. The van der Waals surface area contributed by atoms with Gasteiger partial charge in [-0.25, -0.2) is 9.97 Å². The smallest absolute Gasteiger partial charge is 0.264 e. The number of aromatic nitrogens is 4. The minimum atomic E-state index is 0.0530. The van der Waals surface area contributed by atoms with E-state index in [0.717, 1.165) is 10.4 Å². The molecule has 11 heteroatoms. The summed E-state index contributed by atoms with van der Waals surface area (Å²) in [5.41, 5.74) is 8.42. The summed E-state index contributed by atoms with van der Waals surface area (Å²) in [5, 5.41) is 1.91. The number of fused-ring (bicyclic) bond motifs is 1. The first-order chi connectivity index (χ1) is 16.6. The molecule has 4 aromatic rings. The van der Waals surface area contributed by atoms with Crippen LogP contribution in [0.3, 0.4) is 0 Å². The number of nitrogens with zero attached hydrogens (tertiary/aromatic N) is 6. The Morgan fingerprint density at radius 2 is 1.82 bits per heavy atom. The van der Waals surface area contributed by atoms with Gasteiger partial charge in [-0.1, -0.05) is 6.07 Å². The first kappa shape index (κ1) is 21.8. The molecule has 2 N–H and O–H groups in total. The van der Waals surface area contributed by atoms with Crippen molar-refractivity contribution in [3.05, 3.63) is 46.8 Å². The number of hydrogen-bond donors (Lipinski definition) is 1. The standard InChI is InChI=1S/C23H23N7O3S/c1-32-16-6-5-14(12-17(16)33-2)15-13-25-20-19(26-15)21(28-23(24)27-20)29-7-9-30(10-8-29)22(31)18-4-3-11-34-18/h3-6,11-13H,7-10H2,1-2H3,(H2,24,25,27,28). The molecule has 0 saturated carbocycles. The molecule has 4 heterocycles. The summed E-state index contributed by atoms with van der Waals surface area (Å²) in [7, 11) is 3.18. The molecule has 1 aromatic carbocycles. The van der Waals surface area contributed by atoms with Gasteiger partial charge in [-0.2, -0.15) is 9.97 Å². The number of amides is 1. The molecule has 1 aliphatic rings. The minimum Gasteiger partial charge on any atom is -0.493 e. The molecule has 5 rings (SSSR count). The van der Waals surface area contributed by atoms with Crippen molar-refractivity contribution in [3.63, 3.8) is 0 Å². The van der Waals surface area contributed by atoms with Crippen LogP contribution in [-0.4, -0.2) is 71.1 Å². The Labute approximate surface area is 200 Å². The molecule has 0 unspecified atom stereocenters. The fourth-order valence-corrected chi connectivity index (χ4v) is 4.63. The number of nitrogens with two attached hydrogens (primary N) is 1. The topological polar surface area (TPSA) is 120 Å². The summed E-state index contributed by atoms with van der Waals surface area (Å²) in [6.07, 6.45) is 1.65. The van der Waals surface area contributed by atoms with Gasteiger partial charge in [0.2, 0.25) is 5.95 Å². The lowest BCUT2D eigenvalue weighted by Gasteiger charge is -2.35. The number of methoxy groups -OCH3 is 2. The average Bonchev–Trinajstić information content (AvgIpc) is 3.42. The van der Waals surface area contributed by atoms with Crippen LogP contribution in [0.1, 0.15) is 9.67 Å². The van der Waals surface area contributed by atoms with Crippen LogP contribution in [-0.2, 0) is 0 Å². The number of hydrogen-bond acceptors (Lipinski definition) is 10. The van der Waals surface area contributed by atoms with Gasteiger partial charge < -0.3 is 25.0 Å². The zero-order valence-corrected chi connectivity index (χ0v) is 19.6. The second-order valence-electron chi connectivity index (χ2n) is 7.66. The Morgan fingerprint density at radius 1 is 1.03 bits per heavy atom. The lowest BCUT2D eigenvalue weighted by Crippen LogP contribution is -2.49. The molecule has 1 fully saturated rings. The first-order valence-corrected chi connectivity index (χ1v) is 11.6. The predicted molar refractivity (Wildman–Crippen MR) is 131 cm³/mol. The van der Waals surface area contributed by atoms with E-state index in [4.69, 9.17) is 20.2 Å². The van der Waals surface area contributed by atoms with Crippen molar-refractivity contribution >= 4 is 40.2 Å². The Bertz CT molecular complexity index is 1340. The molecule has 0 spiro atoms. The third-order valence-corrected chi connectivity index (χ3v) is 6.54. The predicted octanol–water partition coefficient (Wildman–Crippen LogP) is 2.71. The van der Waals surface area contributed by atoms with Gasteiger partial charge in [0.05, 0.1) is 31.0 Å². The second-order valence-corrected chi connectivity index (χ2v) is 8.61. The molecule has 34 heavy (non-hydrogen) atoms. The summed E-state index contributed by atoms with van der Waals surface area (Å²) in [5.74, 6) is 2.03. The number of thiophene rings is 1. The van der Waals surface area contributed by atoms with Gasteiger partial charge >= 0.3 is 0 Å². The molecular weight excluding hydrogens is 454 g/mol. The molecule has 3 aromatic heterocycles. The second kappa shape index (κ2) is 9.10. The SMILES string of the molecule is COc1ccc(-c2cnc3nc(N)nc(N4CCN(C(=O)c5cccs5)CC4)c3n2)cc1OC. The summed E-state index contributed by atoms with van der Waals surface area (Å²) < 4.78 is 10.8. The maximum atomic E-state index is 12.7. The van der Waals surface area contributed by atoms with E-state index in [1.165, 1.54) is 11.3 Å². The van der Waals surface area contributed by atoms with Crippen molar-refractivity contribution in [1.29, 1.82) is 0 Å². The Balaban J connectivity index is 1.45. The van der Waals surface area contributed by atoms with Crippen molar-refractivity contribution in [2.24, 2.45) is 0 Å². The van der Waals surface area contributed by atoms with Gasteiger partial charge in [-0.05, 0) is 29.6 Å². The highest BCUT2D eigenvalue weighted by atomic mass is 32.1. The quantitative estimate of drug-likeness (QED) is 0.462. The fraction of sp³-hybridized carbons (Fsp3) is 0.261. The van der Waals surface area contributed by atoms with E-state index in [2.05, 4.69) is 19.9 Å². The van der Waals surface area contributed by atoms with Crippen molar-refractivity contribution in [2.75, 3.05) is 51.0 Å². The minimum absolute atomic E-state index is 0.0530. The number of carbonyl (C=O) groups is 1. The van der Waals surface area contributed by atoms with Crippen molar-refractivity contribution in [2.45, 2.75) is 0 Å². The van der Waals surface area contributed by atoms with E-state index in [-0.39, 0.29) is 11.9 Å². The number of rotatable bonds is 5. The maximum absolute atomic E-state index is 12.7. The van der Waals surface area contributed by atoms with Gasteiger partial charge in [0.25, 0.3) is 5.91 Å². The van der Waals surface area contributed by atoms with Crippen LogP contribution in [0.4, 0.5) is 11.8 Å². The number of ether oxygens (including phenoxy) is 2. The van der Waals surface area contributed by atoms with Gasteiger partial charge in [0.1, 0.15) is 0 Å². The number of anilines is 2. The van der Waals surface area contributed by atoms with Crippen LogP contribution < -0.4 is 20.1 Å². The number of nitrogen functional groups attached to an aromatic ring is 1. The molecule has 1 aliphatic heterocycles. The van der Waals surface area contributed by atoms with Crippen LogP contribution in [0.15, 0.2) is 41.9 Å². The van der Waals surface area contributed by atoms with Gasteiger partial charge in [-0.15, -0.1) is 11.3 Å². The van der Waals surface area contributed by atoms with Gasteiger partial charge in [0.15, 0.2) is 28.5 Å². The zero-order valence-electron chi connectivity index (χ0n) is 18.8. The highest BCUT2D eigenvalue weighted by Crippen LogP contribution is 2.33. The molecule has 174 valence electrons. The molecule has 0 radical (unpaired) electrons. The van der Waals surface area contributed by atoms with Gasteiger partial charge in [0, 0.05) is 31.7 Å². The van der Waals surface area contributed by atoms with Crippen LogP contribution in [0.25, 0.3) is 22.4 Å². The summed E-state index contributed by atoms with van der Waals surface area (Å²) >= 11 is 1.45. The molecule has 0 atom stereocenters. The summed E-state index contributed by atoms with van der Waals surface area (Å²) in [4.78, 5) is 35.4. The monoisotopic (exact) mass is 477 g/mol. The van der Waals surface area contributed by atoms with Crippen LogP contribution in [0.2, 0.25) is 0 Å². The third-order valence-electron chi connectivity index (χ3n) is 5.68. The summed E-state index contributed by atoms with van der Waals surface area (Å²) in [6.45, 7) is 2.35. The molecule has 0 bridgehead atoms. The third kappa shape index (κ3) is 4.05. The lowest BCUT2D eigenvalue weighted by atomic mass is 10.1. The number of carbonyl (C=O) groups excluding carboxylic acids is 1. The van der Waals surface area contributed by atoms with Crippen molar-refractivity contribution < 1.29 is 14.3 Å². The van der Waals surface area contributed by atoms with Crippen LogP contribution in [0.5, 0.6) is 11.5 Å². The Hall–Kier alpha value is -3.99. The van der Waals surface area contributed by atoms with E-state index in [1.807, 2.05) is 40.6 Å². The van der Waals surface area contributed by atoms with Crippen molar-refractivity contribution in [3.8, 4) is 22.8 Å². The average molecular weight is 478 g/mol. The highest BCUT2D eigenvalue weighted by Gasteiger charge is 2.25. The number of piperazine rings is 1. The highest BCUT2D eigenvalue weighted by molar-refractivity contribution is 7.12. The van der Waals surface area contributed by atoms with E-state index < -0.39 is 0 Å². The van der Waals surface area contributed by atoms with Crippen molar-refractivity contribution in [1.82, 2.24) is 24.8 Å². The van der Waals surface area contributed by atoms with E-state index in [9.17, 15) is 4.79 Å². The molecule has 1 saturated heterocycles. The fourth-order valence-electron chi connectivity index (χ4n) is 3.94. The Kier molecular flexibility index (Phi) is 5.84. The largest absolute Gasteiger partial charge is 0.493 e. The Morgan fingerprint density at radius 3 is 2.53 bits per heavy atom. The van der Waals surface area contributed by atoms with Crippen LogP contribution >= 0.6 is 11.3 Å². The molecule has 1 amide bonds. The maximum Gasteiger partial charge on any atom is 0.264 e. The first-order valence-electron chi connectivity index (χ1n) is 10.7. The van der Waals surface area contributed by atoms with E-state index in [1.54, 1.807) is 20.4 Å².